The number of Topliss-reactive ketones (excluding diaryl/α,β-unsaturated/α-hetero) is 1. The topological polar surface area (TPSA) is 91.3 Å². The fourth-order valence-electron chi connectivity index (χ4n) is 3.70. The zero-order valence-electron chi connectivity index (χ0n) is 18.2. The molecule has 0 saturated heterocycles. The summed E-state index contributed by atoms with van der Waals surface area (Å²) in [4.78, 5) is 26.1. The van der Waals surface area contributed by atoms with E-state index in [1.54, 1.807) is 36.4 Å². The highest BCUT2D eigenvalue weighted by atomic mass is 16.7. The summed E-state index contributed by atoms with van der Waals surface area (Å²) in [6.07, 6.45) is 0.129. The van der Waals surface area contributed by atoms with E-state index < -0.39 is 11.8 Å². The lowest BCUT2D eigenvalue weighted by Gasteiger charge is -2.15. The molecule has 0 saturated carbocycles. The molecule has 7 nitrogen and oxygen atoms in total. The minimum absolute atomic E-state index is 0.00289. The van der Waals surface area contributed by atoms with Crippen LogP contribution in [0.5, 0.6) is 23.0 Å². The molecule has 0 spiro atoms. The molecule has 0 fully saturated rings. The molecule has 3 aromatic rings. The Hall–Kier alpha value is -4.26. The highest BCUT2D eigenvalue weighted by Crippen LogP contribution is 2.44. The third-order valence-corrected chi connectivity index (χ3v) is 5.31. The van der Waals surface area contributed by atoms with Crippen molar-refractivity contribution in [2.24, 2.45) is 0 Å². The quantitative estimate of drug-likeness (QED) is 0.405. The van der Waals surface area contributed by atoms with E-state index in [2.05, 4.69) is 0 Å². The van der Waals surface area contributed by atoms with Gasteiger partial charge < -0.3 is 24.1 Å². The van der Waals surface area contributed by atoms with E-state index in [4.69, 9.17) is 18.9 Å². The second-order valence-corrected chi connectivity index (χ2v) is 7.29. The first-order chi connectivity index (χ1) is 16.0. The number of carbonyl (C=O) groups is 2. The Morgan fingerprint density at radius 2 is 1.64 bits per heavy atom. The van der Waals surface area contributed by atoms with Gasteiger partial charge in [-0.1, -0.05) is 30.3 Å². The summed E-state index contributed by atoms with van der Waals surface area (Å²) in [5, 5.41) is 10.2. The van der Waals surface area contributed by atoms with Gasteiger partial charge in [-0.05, 0) is 47.5 Å². The number of carboxylic acids is 1. The molecule has 1 heterocycles. The van der Waals surface area contributed by atoms with Crippen molar-refractivity contribution in [3.05, 3.63) is 89.0 Å². The summed E-state index contributed by atoms with van der Waals surface area (Å²) >= 11 is 0. The van der Waals surface area contributed by atoms with Crippen molar-refractivity contribution in [2.75, 3.05) is 21.0 Å². The number of aliphatic carboxylic acids is 1. The first-order valence-electron chi connectivity index (χ1n) is 10.2. The average Bonchev–Trinajstić information content (AvgIpc) is 3.32. The minimum atomic E-state index is -1.23. The average molecular weight is 446 g/mol. The molecule has 1 N–H and O–H groups in total. The van der Waals surface area contributed by atoms with Gasteiger partial charge in [-0.3, -0.25) is 4.79 Å². The standard InChI is InChI=1S/C26H22O7/c1-30-19-10-8-17(9-11-19)24(27)20(12-16-6-4-3-5-7-16)23(26(28)29)18-13-21(31-2)25-22(14-18)32-15-33-25/h3-11,13-14H,12,15H2,1-2H3,(H,28,29)/b23-20-. The molecule has 168 valence electrons. The Balaban J connectivity index is 1.90. The van der Waals surface area contributed by atoms with Crippen LogP contribution in [0.15, 0.2) is 72.3 Å². The van der Waals surface area contributed by atoms with Gasteiger partial charge in [0.25, 0.3) is 0 Å². The Labute approximate surface area is 190 Å². The summed E-state index contributed by atoms with van der Waals surface area (Å²) in [7, 11) is 2.99. The molecule has 0 amide bonds. The molecule has 0 bridgehead atoms. The highest BCUT2D eigenvalue weighted by Gasteiger charge is 2.28. The van der Waals surface area contributed by atoms with Crippen LogP contribution in [0.1, 0.15) is 21.5 Å². The van der Waals surface area contributed by atoms with Crippen LogP contribution in [0.3, 0.4) is 0 Å². The van der Waals surface area contributed by atoms with Crippen LogP contribution in [0.25, 0.3) is 5.57 Å². The maximum absolute atomic E-state index is 13.6. The number of ether oxygens (including phenoxy) is 4. The van der Waals surface area contributed by atoms with Crippen LogP contribution >= 0.6 is 0 Å². The molecule has 0 unspecified atom stereocenters. The van der Waals surface area contributed by atoms with Gasteiger partial charge in [0.05, 0.1) is 19.8 Å². The maximum Gasteiger partial charge on any atom is 0.336 e. The molecule has 1 aliphatic heterocycles. The normalized spacial score (nSPS) is 12.7. The third kappa shape index (κ3) is 4.52. The van der Waals surface area contributed by atoms with Gasteiger partial charge in [-0.25, -0.2) is 4.79 Å². The molecule has 0 aliphatic carbocycles. The molecule has 0 atom stereocenters. The minimum Gasteiger partial charge on any atom is -0.497 e. The number of fused-ring (bicyclic) bond motifs is 1. The van der Waals surface area contributed by atoms with Crippen LogP contribution in [0, 0.1) is 0 Å². The molecule has 33 heavy (non-hydrogen) atoms. The Morgan fingerprint density at radius 1 is 0.909 bits per heavy atom. The van der Waals surface area contributed by atoms with Crippen molar-refractivity contribution in [3.63, 3.8) is 0 Å². The van der Waals surface area contributed by atoms with Crippen LogP contribution < -0.4 is 18.9 Å². The van der Waals surface area contributed by atoms with Crippen molar-refractivity contribution in [1.82, 2.24) is 0 Å². The fraction of sp³-hybridized carbons (Fsp3) is 0.154. The summed E-state index contributed by atoms with van der Waals surface area (Å²) in [5.41, 5.74) is 1.46. The molecule has 3 aromatic carbocycles. The van der Waals surface area contributed by atoms with E-state index in [9.17, 15) is 14.7 Å². The number of hydrogen-bond donors (Lipinski definition) is 1. The number of benzene rings is 3. The van der Waals surface area contributed by atoms with Crippen LogP contribution in [-0.2, 0) is 11.2 Å². The van der Waals surface area contributed by atoms with Crippen LogP contribution in [0.4, 0.5) is 0 Å². The third-order valence-electron chi connectivity index (χ3n) is 5.31. The van der Waals surface area contributed by atoms with E-state index in [-0.39, 0.29) is 29.9 Å². The van der Waals surface area contributed by atoms with E-state index in [0.717, 1.165) is 5.56 Å². The smallest absolute Gasteiger partial charge is 0.336 e. The predicted octanol–water partition coefficient (Wildman–Crippen LogP) is 4.40. The molecule has 1 aliphatic rings. The lowest BCUT2D eigenvalue weighted by atomic mass is 9.89. The predicted molar refractivity (Wildman–Crippen MR) is 121 cm³/mol. The van der Waals surface area contributed by atoms with E-state index in [1.807, 2.05) is 30.3 Å². The summed E-state index contributed by atoms with van der Waals surface area (Å²) in [5.74, 6) is 0.0594. The van der Waals surface area contributed by atoms with Crippen molar-refractivity contribution in [1.29, 1.82) is 0 Å². The fourth-order valence-corrected chi connectivity index (χ4v) is 3.70. The van der Waals surface area contributed by atoms with Crippen LogP contribution in [-0.4, -0.2) is 37.9 Å². The summed E-state index contributed by atoms with van der Waals surface area (Å²) < 4.78 is 21.4. The monoisotopic (exact) mass is 446 g/mol. The van der Waals surface area contributed by atoms with Crippen molar-refractivity contribution < 1.29 is 33.6 Å². The van der Waals surface area contributed by atoms with E-state index in [1.165, 1.54) is 14.2 Å². The van der Waals surface area contributed by atoms with Gasteiger partial charge in [0, 0.05) is 17.6 Å². The molecular formula is C26H22O7. The van der Waals surface area contributed by atoms with E-state index in [0.29, 0.717) is 28.6 Å². The van der Waals surface area contributed by atoms with Crippen molar-refractivity contribution >= 4 is 17.3 Å². The van der Waals surface area contributed by atoms with Crippen LogP contribution in [0.2, 0.25) is 0 Å². The number of hydrogen-bond acceptors (Lipinski definition) is 6. The first-order valence-corrected chi connectivity index (χ1v) is 10.2. The molecular weight excluding hydrogens is 424 g/mol. The molecule has 7 heteroatoms. The number of carboxylic acid groups (broad SMARTS) is 1. The van der Waals surface area contributed by atoms with Gasteiger partial charge >= 0.3 is 5.97 Å². The summed E-state index contributed by atoms with van der Waals surface area (Å²) in [6.45, 7) is 0.00289. The first kappa shape index (κ1) is 22.0. The number of rotatable bonds is 8. The SMILES string of the molecule is COc1ccc(C(=O)/C(Cc2ccccc2)=C(\C(=O)O)c2cc(OC)c3c(c2)OCO3)cc1. The van der Waals surface area contributed by atoms with Crippen molar-refractivity contribution in [3.8, 4) is 23.0 Å². The number of ketones is 1. The zero-order valence-corrected chi connectivity index (χ0v) is 18.2. The second-order valence-electron chi connectivity index (χ2n) is 7.29. The maximum atomic E-state index is 13.6. The number of allylic oxidation sites excluding steroid dienone is 1. The number of methoxy groups -OCH3 is 2. The second kappa shape index (κ2) is 9.48. The van der Waals surface area contributed by atoms with Gasteiger partial charge in [0.1, 0.15) is 5.75 Å². The highest BCUT2D eigenvalue weighted by molar-refractivity contribution is 6.26. The Kier molecular flexibility index (Phi) is 6.31. The lowest BCUT2D eigenvalue weighted by Crippen LogP contribution is -2.14. The van der Waals surface area contributed by atoms with Gasteiger partial charge in [0.15, 0.2) is 17.3 Å². The Bertz CT molecular complexity index is 1210. The Morgan fingerprint density at radius 3 is 2.27 bits per heavy atom. The van der Waals surface area contributed by atoms with E-state index >= 15 is 0 Å². The molecule has 0 aromatic heterocycles. The van der Waals surface area contributed by atoms with Crippen molar-refractivity contribution in [2.45, 2.75) is 6.42 Å². The zero-order chi connectivity index (χ0) is 23.4. The largest absolute Gasteiger partial charge is 0.497 e. The van der Waals surface area contributed by atoms with Gasteiger partial charge in [-0.15, -0.1) is 0 Å². The molecule has 4 rings (SSSR count). The summed E-state index contributed by atoms with van der Waals surface area (Å²) in [6, 6.07) is 18.9. The molecule has 0 radical (unpaired) electrons. The lowest BCUT2D eigenvalue weighted by molar-refractivity contribution is -0.130. The van der Waals surface area contributed by atoms with Gasteiger partial charge in [0.2, 0.25) is 12.5 Å². The number of carbonyl (C=O) groups excluding carboxylic acids is 1. The van der Waals surface area contributed by atoms with Gasteiger partial charge in [-0.2, -0.15) is 0 Å².